The number of unbranched alkanes of at least 4 members (excludes halogenated alkanes) is 31. The lowest BCUT2D eigenvalue weighted by Crippen LogP contribution is -2.34. The number of phosphoric acid groups is 1. The molecule has 0 radical (unpaired) electrons. The third-order valence-corrected chi connectivity index (χ3v) is 12.6. The van der Waals surface area contributed by atoms with Gasteiger partial charge in [0.15, 0.2) is 0 Å². The van der Waals surface area contributed by atoms with Crippen LogP contribution in [0.1, 0.15) is 251 Å². The summed E-state index contributed by atoms with van der Waals surface area (Å²) in [5.74, 6) is -1.77. The lowest BCUT2D eigenvalue weighted by atomic mass is 10.0. The minimum atomic E-state index is -4.62. The Morgan fingerprint density at radius 2 is 0.859 bits per heavy atom. The second-order valence-electron chi connectivity index (χ2n) is 18.0. The molecule has 0 bridgehead atoms. The Morgan fingerprint density at radius 3 is 1.28 bits per heavy atom. The van der Waals surface area contributed by atoms with Crippen LogP contribution in [0.5, 0.6) is 0 Å². The van der Waals surface area contributed by atoms with E-state index < -0.39 is 45.1 Å². The Hall–Kier alpha value is -1.81. The first-order valence-corrected chi connectivity index (χ1v) is 28.0. The average Bonchev–Trinajstić information content (AvgIpc) is 3.28. The molecule has 3 atom stereocenters. The summed E-state index contributed by atoms with van der Waals surface area (Å²) in [7, 11) is -4.62. The lowest BCUT2D eigenvalue weighted by Gasteiger charge is -2.20. The Labute approximate surface area is 393 Å². The summed E-state index contributed by atoms with van der Waals surface area (Å²) in [6.45, 7) is 3.90. The molecule has 0 aromatic heterocycles. The molecule has 0 aliphatic heterocycles. The fourth-order valence-corrected chi connectivity index (χ4v) is 8.33. The first kappa shape index (κ1) is 62.2. The van der Waals surface area contributed by atoms with Crippen molar-refractivity contribution < 1.29 is 42.7 Å². The normalized spacial score (nSPS) is 13.9. The van der Waals surface area contributed by atoms with Crippen molar-refractivity contribution in [1.29, 1.82) is 0 Å². The maximum atomic E-state index is 12.7. The molecule has 3 unspecified atom stereocenters. The van der Waals surface area contributed by atoms with Gasteiger partial charge >= 0.3 is 19.8 Å². The standard InChI is InChI=1S/C53H100NO9P/c1-3-5-7-9-11-13-15-17-19-21-23-24-25-26-27-28-30-32-34-36-38-40-42-44-46-60-47-50(48-61-64(58,59)62-49-51(54)53(56)57)63-52(55)45-43-41-39-37-35-33-31-29-22-20-18-16-14-12-10-8-6-4-2/h15,17,21,23,25-26,50-51H,3-14,16,18-20,22,24,27-49,54H2,1-2H3,(H,56,57)(H,58,59)/b17-15-,23-21-,26-25-. The summed E-state index contributed by atoms with van der Waals surface area (Å²) in [6.07, 6.45) is 57.7. The van der Waals surface area contributed by atoms with Gasteiger partial charge in [0, 0.05) is 13.0 Å². The molecule has 0 aromatic rings. The van der Waals surface area contributed by atoms with E-state index in [-0.39, 0.29) is 13.0 Å². The van der Waals surface area contributed by atoms with Crippen molar-refractivity contribution in [3.63, 3.8) is 0 Å². The first-order chi connectivity index (χ1) is 31.2. The number of hydrogen-bond acceptors (Lipinski definition) is 8. The number of hydrogen-bond donors (Lipinski definition) is 3. The van der Waals surface area contributed by atoms with Crippen LogP contribution in [0, 0.1) is 0 Å². The third kappa shape index (κ3) is 48.1. The molecule has 0 spiro atoms. The number of allylic oxidation sites excluding steroid dienone is 6. The minimum absolute atomic E-state index is 0.0162. The number of phosphoric ester groups is 1. The van der Waals surface area contributed by atoms with Gasteiger partial charge in [-0.2, -0.15) is 0 Å². The first-order valence-electron chi connectivity index (χ1n) is 26.5. The third-order valence-electron chi connectivity index (χ3n) is 11.7. The average molecular weight is 926 g/mol. The summed E-state index contributed by atoms with van der Waals surface area (Å²) in [5, 5.41) is 8.93. The van der Waals surface area contributed by atoms with E-state index in [0.717, 1.165) is 51.4 Å². The van der Waals surface area contributed by atoms with Crippen molar-refractivity contribution in [2.45, 2.75) is 264 Å². The van der Waals surface area contributed by atoms with Crippen molar-refractivity contribution in [3.05, 3.63) is 36.5 Å². The van der Waals surface area contributed by atoms with Crippen molar-refractivity contribution in [1.82, 2.24) is 0 Å². The van der Waals surface area contributed by atoms with Gasteiger partial charge in [-0.1, -0.05) is 230 Å². The SMILES string of the molecule is CCCCCCC/C=C\C/C=C\C/C=C\CCCCCCCCCCCOCC(COP(=O)(O)OCC(N)C(=O)O)OC(=O)CCCCCCCCCCCCCCCCCCCC. The molecule has 64 heavy (non-hydrogen) atoms. The molecule has 376 valence electrons. The Morgan fingerprint density at radius 1 is 0.500 bits per heavy atom. The summed E-state index contributed by atoms with van der Waals surface area (Å²) in [5.41, 5.74) is 5.38. The van der Waals surface area contributed by atoms with Crippen LogP contribution in [-0.2, 0) is 32.7 Å². The highest BCUT2D eigenvalue weighted by molar-refractivity contribution is 7.47. The van der Waals surface area contributed by atoms with Gasteiger partial charge in [0.25, 0.3) is 0 Å². The second-order valence-corrected chi connectivity index (χ2v) is 19.5. The van der Waals surface area contributed by atoms with Gasteiger partial charge in [-0.3, -0.25) is 18.6 Å². The maximum Gasteiger partial charge on any atom is 0.472 e. The van der Waals surface area contributed by atoms with Crippen LogP contribution >= 0.6 is 7.82 Å². The van der Waals surface area contributed by atoms with Gasteiger partial charge in [0.05, 0.1) is 19.8 Å². The van der Waals surface area contributed by atoms with Crippen LogP contribution in [0.4, 0.5) is 0 Å². The van der Waals surface area contributed by atoms with E-state index in [1.807, 2.05) is 0 Å². The molecule has 0 saturated carbocycles. The van der Waals surface area contributed by atoms with Crippen molar-refractivity contribution >= 4 is 19.8 Å². The van der Waals surface area contributed by atoms with E-state index in [4.69, 9.17) is 29.4 Å². The zero-order valence-corrected chi connectivity index (χ0v) is 42.3. The quantitative estimate of drug-likeness (QED) is 0.0232. The topological polar surface area (TPSA) is 155 Å². The molecule has 0 saturated heterocycles. The minimum Gasteiger partial charge on any atom is -0.480 e. The van der Waals surface area contributed by atoms with E-state index in [2.05, 4.69) is 50.3 Å². The number of rotatable bonds is 51. The number of aliphatic carboxylic acids is 1. The lowest BCUT2D eigenvalue weighted by molar-refractivity contribution is -0.154. The molecule has 0 aliphatic carbocycles. The summed E-state index contributed by atoms with van der Waals surface area (Å²) < 4.78 is 33.5. The predicted molar refractivity (Wildman–Crippen MR) is 268 cm³/mol. The molecular formula is C53H100NO9P. The van der Waals surface area contributed by atoms with Crippen molar-refractivity contribution in [3.8, 4) is 0 Å². The monoisotopic (exact) mass is 926 g/mol. The molecule has 0 rings (SSSR count). The zero-order valence-electron chi connectivity index (χ0n) is 41.4. The number of carbonyl (C=O) groups excluding carboxylic acids is 1. The van der Waals surface area contributed by atoms with Crippen LogP contribution < -0.4 is 5.73 Å². The summed E-state index contributed by atoms with van der Waals surface area (Å²) >= 11 is 0. The molecule has 0 aromatic carbocycles. The van der Waals surface area contributed by atoms with Crippen LogP contribution in [0.3, 0.4) is 0 Å². The molecule has 0 heterocycles. The van der Waals surface area contributed by atoms with Gasteiger partial charge in [-0.25, -0.2) is 4.57 Å². The molecule has 0 fully saturated rings. The summed E-state index contributed by atoms with van der Waals surface area (Å²) in [6, 6.07) is -1.47. The number of nitrogens with two attached hydrogens (primary N) is 1. The van der Waals surface area contributed by atoms with E-state index in [1.54, 1.807) is 0 Å². The number of carboxylic acid groups (broad SMARTS) is 1. The summed E-state index contributed by atoms with van der Waals surface area (Å²) in [4.78, 5) is 33.7. The van der Waals surface area contributed by atoms with Gasteiger partial charge in [-0.15, -0.1) is 0 Å². The molecule has 11 heteroatoms. The van der Waals surface area contributed by atoms with Crippen LogP contribution in [0.2, 0.25) is 0 Å². The fraction of sp³-hybridized carbons (Fsp3) is 0.849. The number of carbonyl (C=O) groups is 2. The van der Waals surface area contributed by atoms with Crippen LogP contribution in [0.15, 0.2) is 36.5 Å². The number of esters is 1. The van der Waals surface area contributed by atoms with E-state index in [9.17, 15) is 19.0 Å². The Balaban J connectivity index is 4.11. The molecule has 10 nitrogen and oxygen atoms in total. The number of carboxylic acids is 1. The highest BCUT2D eigenvalue weighted by Crippen LogP contribution is 2.43. The molecule has 0 amide bonds. The highest BCUT2D eigenvalue weighted by Gasteiger charge is 2.27. The Kier molecular flexibility index (Phi) is 47.7. The van der Waals surface area contributed by atoms with Gasteiger partial charge in [-0.05, 0) is 51.4 Å². The molecule has 0 aliphatic rings. The van der Waals surface area contributed by atoms with Crippen molar-refractivity contribution in [2.75, 3.05) is 26.4 Å². The van der Waals surface area contributed by atoms with Gasteiger partial charge in [0.1, 0.15) is 12.1 Å². The Bertz CT molecular complexity index is 1160. The molecular weight excluding hydrogens is 826 g/mol. The van der Waals surface area contributed by atoms with E-state index >= 15 is 0 Å². The molecule has 4 N–H and O–H groups in total. The van der Waals surface area contributed by atoms with Crippen LogP contribution in [0.25, 0.3) is 0 Å². The van der Waals surface area contributed by atoms with Gasteiger partial charge < -0.3 is 25.2 Å². The number of ether oxygens (including phenoxy) is 2. The predicted octanol–water partition coefficient (Wildman–Crippen LogP) is 15.6. The zero-order chi connectivity index (χ0) is 46.9. The highest BCUT2D eigenvalue weighted by atomic mass is 31.2. The maximum absolute atomic E-state index is 12.7. The fourth-order valence-electron chi connectivity index (χ4n) is 7.55. The largest absolute Gasteiger partial charge is 0.480 e. The van der Waals surface area contributed by atoms with E-state index in [1.165, 1.54) is 173 Å². The smallest absolute Gasteiger partial charge is 0.472 e. The van der Waals surface area contributed by atoms with Crippen molar-refractivity contribution in [2.24, 2.45) is 5.73 Å². The van der Waals surface area contributed by atoms with E-state index in [0.29, 0.717) is 13.0 Å². The van der Waals surface area contributed by atoms with Crippen LogP contribution in [-0.4, -0.2) is 60.5 Å². The second kappa shape index (κ2) is 49.1. The van der Waals surface area contributed by atoms with Gasteiger partial charge in [0.2, 0.25) is 0 Å².